The zero-order valence-electron chi connectivity index (χ0n) is 30.6. The average molecular weight is 714 g/mol. The summed E-state index contributed by atoms with van der Waals surface area (Å²) in [4.78, 5) is 2.37. The summed E-state index contributed by atoms with van der Waals surface area (Å²) in [6, 6.07) is 76.6. The van der Waals surface area contributed by atoms with Crippen LogP contribution < -0.4 is 4.90 Å². The maximum absolute atomic E-state index is 6.44. The molecular formula is C54H35NO. The minimum Gasteiger partial charge on any atom is -0.456 e. The van der Waals surface area contributed by atoms with E-state index in [1.54, 1.807) is 0 Å². The van der Waals surface area contributed by atoms with Crippen molar-refractivity contribution in [3.05, 3.63) is 212 Å². The molecule has 0 unspecified atom stereocenters. The third-order valence-electron chi connectivity index (χ3n) is 11.2. The molecule has 1 heterocycles. The van der Waals surface area contributed by atoms with E-state index in [9.17, 15) is 0 Å². The first-order valence-electron chi connectivity index (χ1n) is 19.2. The van der Waals surface area contributed by atoms with Crippen molar-refractivity contribution in [3.63, 3.8) is 0 Å². The molecule has 0 radical (unpaired) electrons. The van der Waals surface area contributed by atoms with Crippen LogP contribution in [-0.2, 0) is 0 Å². The van der Waals surface area contributed by atoms with Crippen molar-refractivity contribution >= 4 is 71.3 Å². The van der Waals surface area contributed by atoms with Crippen LogP contribution in [0.25, 0.3) is 87.6 Å². The van der Waals surface area contributed by atoms with Gasteiger partial charge in [-0.05, 0) is 126 Å². The number of fused-ring (bicyclic) bond motifs is 7. The third-order valence-corrected chi connectivity index (χ3v) is 11.2. The van der Waals surface area contributed by atoms with Gasteiger partial charge >= 0.3 is 0 Å². The number of rotatable bonds is 6. The molecule has 0 aliphatic carbocycles. The number of anilines is 3. The molecule has 2 nitrogen and oxygen atoms in total. The van der Waals surface area contributed by atoms with Crippen LogP contribution in [0.3, 0.4) is 0 Å². The Morgan fingerprint density at radius 1 is 0.268 bits per heavy atom. The zero-order valence-corrected chi connectivity index (χ0v) is 30.6. The SMILES string of the molecule is c1ccc(-c2ccc(N(c3cccc(-c4ccccc4-c4cc5ccccc5c5ccccc45)c3)c3ccc4oc5cc6ccccc6cc5c4c3)cc2)cc1. The van der Waals surface area contributed by atoms with E-state index in [0.29, 0.717) is 0 Å². The molecule has 0 spiro atoms. The standard InChI is InChI=1S/C54H35NO/c1-2-13-36(14-3-1)37-25-27-42(28-26-37)55(44-29-30-53-52(35-44)51-32-38-15-4-5-16-39(38)34-54(51)56-53)43-19-12-18-40(31-43)45-21-8-9-23-48(45)50-33-41-17-6-7-20-46(41)47-22-10-11-24-49(47)50/h1-35H. The Bertz CT molecular complexity index is 3250. The summed E-state index contributed by atoms with van der Waals surface area (Å²) in [5, 5.41) is 9.62. The van der Waals surface area contributed by atoms with Crippen LogP contribution in [0.2, 0.25) is 0 Å². The summed E-state index contributed by atoms with van der Waals surface area (Å²) in [5.74, 6) is 0. The average Bonchev–Trinajstić information content (AvgIpc) is 3.62. The highest BCUT2D eigenvalue weighted by Crippen LogP contribution is 2.43. The summed E-state index contributed by atoms with van der Waals surface area (Å²) < 4.78 is 6.44. The second-order valence-electron chi connectivity index (χ2n) is 14.5. The molecule has 56 heavy (non-hydrogen) atoms. The van der Waals surface area contributed by atoms with Gasteiger partial charge in [0.25, 0.3) is 0 Å². The van der Waals surface area contributed by atoms with Crippen molar-refractivity contribution in [1.82, 2.24) is 0 Å². The van der Waals surface area contributed by atoms with Gasteiger partial charge in [-0.1, -0.05) is 152 Å². The van der Waals surface area contributed by atoms with Gasteiger partial charge in [0.2, 0.25) is 0 Å². The Hall–Kier alpha value is -7.42. The van der Waals surface area contributed by atoms with Crippen LogP contribution in [0.1, 0.15) is 0 Å². The maximum Gasteiger partial charge on any atom is 0.136 e. The molecule has 11 rings (SSSR count). The molecule has 0 N–H and O–H groups in total. The van der Waals surface area contributed by atoms with Gasteiger partial charge in [0.05, 0.1) is 0 Å². The molecule has 10 aromatic carbocycles. The minimum atomic E-state index is 0.878. The van der Waals surface area contributed by atoms with E-state index in [0.717, 1.165) is 44.6 Å². The lowest BCUT2D eigenvalue weighted by Crippen LogP contribution is -2.10. The third kappa shape index (κ3) is 5.42. The van der Waals surface area contributed by atoms with Crippen LogP contribution in [0, 0.1) is 0 Å². The molecule has 0 saturated carbocycles. The molecule has 0 saturated heterocycles. The van der Waals surface area contributed by atoms with Crippen LogP contribution in [0.4, 0.5) is 17.1 Å². The summed E-state index contributed by atoms with van der Waals surface area (Å²) in [5.41, 5.74) is 12.2. The second-order valence-corrected chi connectivity index (χ2v) is 14.5. The van der Waals surface area contributed by atoms with Gasteiger partial charge in [-0.2, -0.15) is 0 Å². The first-order chi connectivity index (χ1) is 27.7. The van der Waals surface area contributed by atoms with E-state index in [1.165, 1.54) is 60.1 Å². The Kier molecular flexibility index (Phi) is 7.53. The lowest BCUT2D eigenvalue weighted by Gasteiger charge is -2.26. The van der Waals surface area contributed by atoms with Gasteiger partial charge in [0, 0.05) is 27.8 Å². The molecule has 0 amide bonds. The molecule has 11 aromatic rings. The Labute approximate surface area is 325 Å². The quantitative estimate of drug-likeness (QED) is 0.160. The van der Waals surface area contributed by atoms with E-state index in [-0.39, 0.29) is 0 Å². The summed E-state index contributed by atoms with van der Waals surface area (Å²) in [6.45, 7) is 0. The van der Waals surface area contributed by atoms with Gasteiger partial charge in [-0.15, -0.1) is 0 Å². The van der Waals surface area contributed by atoms with Crippen LogP contribution >= 0.6 is 0 Å². The largest absolute Gasteiger partial charge is 0.456 e. The van der Waals surface area contributed by atoms with Gasteiger partial charge in [-0.3, -0.25) is 0 Å². The van der Waals surface area contributed by atoms with Crippen molar-refractivity contribution in [2.24, 2.45) is 0 Å². The van der Waals surface area contributed by atoms with Crippen molar-refractivity contribution in [3.8, 4) is 33.4 Å². The van der Waals surface area contributed by atoms with Crippen molar-refractivity contribution in [2.45, 2.75) is 0 Å². The van der Waals surface area contributed by atoms with Crippen molar-refractivity contribution < 1.29 is 4.42 Å². The van der Waals surface area contributed by atoms with Crippen LogP contribution in [0.5, 0.6) is 0 Å². The van der Waals surface area contributed by atoms with Gasteiger partial charge in [0.15, 0.2) is 0 Å². The molecule has 0 bridgehead atoms. The Balaban J connectivity index is 1.09. The van der Waals surface area contributed by atoms with Gasteiger partial charge < -0.3 is 9.32 Å². The molecule has 0 aliphatic rings. The highest BCUT2D eigenvalue weighted by molar-refractivity contribution is 6.15. The minimum absolute atomic E-state index is 0.878. The fourth-order valence-corrected chi connectivity index (χ4v) is 8.53. The molecular weight excluding hydrogens is 679 g/mol. The van der Waals surface area contributed by atoms with Gasteiger partial charge in [-0.25, -0.2) is 0 Å². The van der Waals surface area contributed by atoms with E-state index in [4.69, 9.17) is 4.42 Å². The number of benzene rings is 10. The van der Waals surface area contributed by atoms with Crippen LogP contribution in [-0.4, -0.2) is 0 Å². The fourth-order valence-electron chi connectivity index (χ4n) is 8.53. The lowest BCUT2D eigenvalue weighted by atomic mass is 9.89. The predicted molar refractivity (Wildman–Crippen MR) is 237 cm³/mol. The van der Waals surface area contributed by atoms with E-state index in [1.807, 2.05) is 0 Å². The highest BCUT2D eigenvalue weighted by atomic mass is 16.3. The molecule has 262 valence electrons. The first kappa shape index (κ1) is 32.0. The molecule has 2 heteroatoms. The predicted octanol–water partition coefficient (Wildman–Crippen LogP) is 15.5. The van der Waals surface area contributed by atoms with Crippen molar-refractivity contribution in [2.75, 3.05) is 4.90 Å². The highest BCUT2D eigenvalue weighted by Gasteiger charge is 2.19. The fraction of sp³-hybridized carbons (Fsp3) is 0. The molecule has 0 aliphatic heterocycles. The molecule has 0 fully saturated rings. The van der Waals surface area contributed by atoms with E-state index in [2.05, 4.69) is 217 Å². The van der Waals surface area contributed by atoms with Gasteiger partial charge in [0.1, 0.15) is 11.2 Å². The summed E-state index contributed by atoms with van der Waals surface area (Å²) >= 11 is 0. The summed E-state index contributed by atoms with van der Waals surface area (Å²) in [6.07, 6.45) is 0. The molecule has 0 atom stereocenters. The number of furan rings is 1. The maximum atomic E-state index is 6.44. The lowest BCUT2D eigenvalue weighted by molar-refractivity contribution is 0.669. The second kappa shape index (κ2) is 13.2. The molecule has 1 aromatic heterocycles. The van der Waals surface area contributed by atoms with Crippen molar-refractivity contribution in [1.29, 1.82) is 0 Å². The number of hydrogen-bond acceptors (Lipinski definition) is 2. The normalized spacial score (nSPS) is 11.6. The smallest absolute Gasteiger partial charge is 0.136 e. The Morgan fingerprint density at radius 2 is 0.857 bits per heavy atom. The van der Waals surface area contributed by atoms with E-state index >= 15 is 0 Å². The van der Waals surface area contributed by atoms with Crippen LogP contribution in [0.15, 0.2) is 217 Å². The van der Waals surface area contributed by atoms with E-state index < -0.39 is 0 Å². The summed E-state index contributed by atoms with van der Waals surface area (Å²) in [7, 11) is 0. The monoisotopic (exact) mass is 713 g/mol. The first-order valence-corrected chi connectivity index (χ1v) is 19.2. The Morgan fingerprint density at radius 3 is 1.68 bits per heavy atom. The zero-order chi connectivity index (χ0) is 37.0. The number of nitrogens with zero attached hydrogens (tertiary/aromatic N) is 1. The topological polar surface area (TPSA) is 16.4 Å². The number of hydrogen-bond donors (Lipinski definition) is 0.